The van der Waals surface area contributed by atoms with E-state index in [2.05, 4.69) is 6.92 Å². The SMILES string of the molecule is [B]C1(C)CCC2CCCC(CC2)C1. The second-order valence-electron chi connectivity index (χ2n) is 5.64. The van der Waals surface area contributed by atoms with E-state index < -0.39 is 0 Å². The molecule has 0 N–H and O–H groups in total. The zero-order chi connectivity index (χ0) is 9.31. The van der Waals surface area contributed by atoms with Crippen LogP contribution in [0.3, 0.4) is 0 Å². The summed E-state index contributed by atoms with van der Waals surface area (Å²) in [6, 6.07) is 0. The van der Waals surface area contributed by atoms with Crippen molar-refractivity contribution in [2.75, 3.05) is 0 Å². The van der Waals surface area contributed by atoms with E-state index in [9.17, 15) is 0 Å². The number of hydrogen-bond acceptors (Lipinski definition) is 0. The molecular weight excluding hydrogens is 155 g/mol. The minimum absolute atomic E-state index is 0.147. The third-order valence-corrected chi connectivity index (χ3v) is 4.09. The first-order chi connectivity index (χ1) is 6.16. The molecule has 0 aromatic rings. The van der Waals surface area contributed by atoms with E-state index in [0.29, 0.717) is 0 Å². The Bertz CT molecular complexity index is 174. The van der Waals surface area contributed by atoms with Crippen molar-refractivity contribution < 1.29 is 0 Å². The van der Waals surface area contributed by atoms with E-state index in [1.165, 1.54) is 51.4 Å². The zero-order valence-electron chi connectivity index (χ0n) is 8.89. The predicted octanol–water partition coefficient (Wildman–Crippen LogP) is 3.71. The van der Waals surface area contributed by atoms with E-state index in [1.807, 2.05) is 0 Å². The molecule has 2 bridgehead atoms. The summed E-state index contributed by atoms with van der Waals surface area (Å²) in [5.74, 6) is 1.95. The summed E-state index contributed by atoms with van der Waals surface area (Å²) in [6.45, 7) is 2.26. The Labute approximate surface area is 83.9 Å². The van der Waals surface area contributed by atoms with Crippen molar-refractivity contribution in [1.82, 2.24) is 0 Å². The van der Waals surface area contributed by atoms with Gasteiger partial charge in [0, 0.05) is 0 Å². The standard InChI is InChI=1S/C12H21B/c1-12(13)8-7-10-3-2-4-11(9-12)6-5-10/h10-11H,2-9H2,1H3. The van der Waals surface area contributed by atoms with Gasteiger partial charge in [-0.15, -0.1) is 0 Å². The molecule has 2 aliphatic carbocycles. The van der Waals surface area contributed by atoms with Gasteiger partial charge >= 0.3 is 0 Å². The van der Waals surface area contributed by atoms with E-state index in [0.717, 1.165) is 11.8 Å². The van der Waals surface area contributed by atoms with Crippen LogP contribution in [0.4, 0.5) is 0 Å². The Morgan fingerprint density at radius 2 is 1.69 bits per heavy atom. The molecule has 0 spiro atoms. The lowest BCUT2D eigenvalue weighted by atomic mass is 9.60. The smallest absolute Gasteiger partial charge is 0.0686 e. The highest BCUT2D eigenvalue weighted by atomic mass is 14.3. The van der Waals surface area contributed by atoms with Crippen molar-refractivity contribution in [3.8, 4) is 0 Å². The third-order valence-electron chi connectivity index (χ3n) is 4.09. The second kappa shape index (κ2) is 3.67. The van der Waals surface area contributed by atoms with Gasteiger partial charge in [0.05, 0.1) is 7.85 Å². The van der Waals surface area contributed by atoms with E-state index >= 15 is 0 Å². The fourth-order valence-electron chi connectivity index (χ4n) is 3.24. The van der Waals surface area contributed by atoms with Crippen LogP contribution in [0.2, 0.25) is 5.31 Å². The van der Waals surface area contributed by atoms with Crippen molar-refractivity contribution in [1.29, 1.82) is 0 Å². The summed E-state index contributed by atoms with van der Waals surface area (Å²) >= 11 is 0. The van der Waals surface area contributed by atoms with E-state index in [-0.39, 0.29) is 5.31 Å². The Hall–Kier alpha value is 0.0649. The van der Waals surface area contributed by atoms with Crippen LogP contribution < -0.4 is 0 Å². The largest absolute Gasteiger partial charge is 0.0742 e. The van der Waals surface area contributed by atoms with Crippen molar-refractivity contribution >= 4 is 7.85 Å². The van der Waals surface area contributed by atoms with Gasteiger partial charge in [0.15, 0.2) is 0 Å². The van der Waals surface area contributed by atoms with Crippen LogP contribution in [0.5, 0.6) is 0 Å². The average molecular weight is 176 g/mol. The van der Waals surface area contributed by atoms with Crippen molar-refractivity contribution in [3.05, 3.63) is 0 Å². The molecule has 2 radical (unpaired) electrons. The number of fused-ring (bicyclic) bond motifs is 3. The van der Waals surface area contributed by atoms with Crippen LogP contribution in [0.25, 0.3) is 0 Å². The minimum atomic E-state index is 0.147. The highest BCUT2D eigenvalue weighted by Gasteiger charge is 2.29. The van der Waals surface area contributed by atoms with Crippen LogP contribution in [-0.2, 0) is 0 Å². The fraction of sp³-hybridized carbons (Fsp3) is 1.00. The molecule has 0 saturated heterocycles. The minimum Gasteiger partial charge on any atom is -0.0686 e. The highest BCUT2D eigenvalue weighted by Crippen LogP contribution is 2.45. The van der Waals surface area contributed by atoms with Gasteiger partial charge < -0.3 is 0 Å². The van der Waals surface area contributed by atoms with Crippen LogP contribution in [0.1, 0.15) is 58.3 Å². The topological polar surface area (TPSA) is 0 Å². The molecule has 13 heavy (non-hydrogen) atoms. The van der Waals surface area contributed by atoms with Gasteiger partial charge in [0.1, 0.15) is 0 Å². The van der Waals surface area contributed by atoms with Crippen LogP contribution in [-0.4, -0.2) is 7.85 Å². The molecule has 0 heterocycles. The molecule has 2 rings (SSSR count). The summed E-state index contributed by atoms with van der Waals surface area (Å²) in [5.41, 5.74) is 0. The molecule has 0 aliphatic heterocycles. The lowest BCUT2D eigenvalue weighted by molar-refractivity contribution is 0.297. The normalized spacial score (nSPS) is 46.5. The van der Waals surface area contributed by atoms with Crippen LogP contribution >= 0.6 is 0 Å². The third kappa shape index (κ3) is 2.51. The maximum atomic E-state index is 6.30. The van der Waals surface area contributed by atoms with Gasteiger partial charge in [-0.1, -0.05) is 63.6 Å². The van der Waals surface area contributed by atoms with E-state index in [4.69, 9.17) is 7.85 Å². The van der Waals surface area contributed by atoms with Crippen molar-refractivity contribution in [2.45, 2.75) is 63.6 Å². The van der Waals surface area contributed by atoms with Crippen molar-refractivity contribution in [2.24, 2.45) is 11.8 Å². The quantitative estimate of drug-likeness (QED) is 0.493. The Balaban J connectivity index is 2.07. The Morgan fingerprint density at radius 3 is 2.54 bits per heavy atom. The Kier molecular flexibility index (Phi) is 2.71. The molecule has 3 unspecified atom stereocenters. The zero-order valence-corrected chi connectivity index (χ0v) is 8.89. The van der Waals surface area contributed by atoms with Gasteiger partial charge in [-0.25, -0.2) is 0 Å². The van der Waals surface area contributed by atoms with Crippen molar-refractivity contribution in [3.63, 3.8) is 0 Å². The molecule has 1 heteroatoms. The average Bonchev–Trinajstić information content (AvgIpc) is 2.21. The highest BCUT2D eigenvalue weighted by molar-refractivity contribution is 6.14. The number of rotatable bonds is 0. The second-order valence-corrected chi connectivity index (χ2v) is 5.64. The molecular formula is C12H21B. The molecule has 0 aromatic carbocycles. The Morgan fingerprint density at radius 1 is 1.00 bits per heavy atom. The van der Waals surface area contributed by atoms with Crippen LogP contribution in [0.15, 0.2) is 0 Å². The lowest BCUT2D eigenvalue weighted by Gasteiger charge is -2.33. The molecule has 0 amide bonds. The first-order valence-corrected chi connectivity index (χ1v) is 5.95. The predicted molar refractivity (Wildman–Crippen MR) is 58.0 cm³/mol. The first-order valence-electron chi connectivity index (χ1n) is 5.95. The van der Waals surface area contributed by atoms with Gasteiger partial charge in [0.2, 0.25) is 0 Å². The van der Waals surface area contributed by atoms with Gasteiger partial charge in [0.25, 0.3) is 0 Å². The number of hydrogen-bond donors (Lipinski definition) is 0. The fourth-order valence-corrected chi connectivity index (χ4v) is 3.24. The summed E-state index contributed by atoms with van der Waals surface area (Å²) < 4.78 is 0. The maximum Gasteiger partial charge on any atom is 0.0742 e. The molecule has 2 fully saturated rings. The summed E-state index contributed by atoms with van der Waals surface area (Å²) in [4.78, 5) is 0. The molecule has 0 aromatic heterocycles. The summed E-state index contributed by atoms with van der Waals surface area (Å²) in [6.07, 6.45) is 11.3. The molecule has 72 valence electrons. The summed E-state index contributed by atoms with van der Waals surface area (Å²) in [7, 11) is 6.30. The van der Waals surface area contributed by atoms with Gasteiger partial charge in [-0.05, 0) is 11.8 Å². The lowest BCUT2D eigenvalue weighted by Crippen LogP contribution is -2.17. The summed E-state index contributed by atoms with van der Waals surface area (Å²) in [5, 5.41) is 0.147. The van der Waals surface area contributed by atoms with E-state index in [1.54, 1.807) is 0 Å². The van der Waals surface area contributed by atoms with Gasteiger partial charge in [-0.3, -0.25) is 0 Å². The maximum absolute atomic E-state index is 6.30. The molecule has 0 nitrogen and oxygen atoms in total. The molecule has 2 saturated carbocycles. The van der Waals surface area contributed by atoms with Crippen LogP contribution in [0, 0.1) is 11.8 Å². The first kappa shape index (κ1) is 9.61. The molecule has 2 aliphatic rings. The molecule has 3 atom stereocenters. The monoisotopic (exact) mass is 176 g/mol. The van der Waals surface area contributed by atoms with Gasteiger partial charge in [-0.2, -0.15) is 0 Å².